The SMILES string of the molecule is COc1cc(=O)n2c(c1C(=O)N[C@H](C)c1ccco1)CCN(Cc1cnn(C)c1C)CC2. The Morgan fingerprint density at radius 1 is 1.34 bits per heavy atom. The minimum atomic E-state index is -0.314. The van der Waals surface area contributed by atoms with Gasteiger partial charge in [-0.15, -0.1) is 0 Å². The van der Waals surface area contributed by atoms with Gasteiger partial charge in [0, 0.05) is 62.7 Å². The van der Waals surface area contributed by atoms with Crippen LogP contribution in [0.15, 0.2) is 39.9 Å². The molecule has 0 aliphatic carbocycles. The first kappa shape index (κ1) is 21.9. The Morgan fingerprint density at radius 2 is 2.16 bits per heavy atom. The molecule has 0 spiro atoms. The van der Waals surface area contributed by atoms with Crippen molar-refractivity contribution in [2.45, 2.75) is 39.4 Å². The van der Waals surface area contributed by atoms with Gasteiger partial charge in [-0.25, -0.2) is 0 Å². The number of aryl methyl sites for hydroxylation is 1. The highest BCUT2D eigenvalue weighted by Crippen LogP contribution is 2.25. The van der Waals surface area contributed by atoms with E-state index in [1.807, 2.05) is 37.8 Å². The maximum absolute atomic E-state index is 13.3. The predicted octanol–water partition coefficient (Wildman–Crippen LogP) is 2.04. The summed E-state index contributed by atoms with van der Waals surface area (Å²) >= 11 is 0. The van der Waals surface area contributed by atoms with Crippen molar-refractivity contribution in [2.75, 3.05) is 20.2 Å². The Kier molecular flexibility index (Phi) is 6.18. The number of carbonyl (C=O) groups is 1. The number of aromatic nitrogens is 3. The molecule has 0 fully saturated rings. The molecular formula is C23H29N5O4. The van der Waals surface area contributed by atoms with Crippen LogP contribution in [-0.2, 0) is 26.6 Å². The van der Waals surface area contributed by atoms with E-state index in [0.717, 1.165) is 24.3 Å². The molecule has 0 saturated heterocycles. The van der Waals surface area contributed by atoms with Gasteiger partial charge in [0.15, 0.2) is 0 Å². The Hall–Kier alpha value is -3.33. The standard InChI is InChI=1S/C23H29N5O4/c1-15(19-6-5-11-32-19)25-23(30)22-18-7-8-27(14-17-13-24-26(3)16(17)2)9-10-28(18)21(29)12-20(22)31-4/h5-6,11-13,15H,7-10,14H2,1-4H3,(H,25,30)/t15-/m1/s1. The summed E-state index contributed by atoms with van der Waals surface area (Å²) in [6, 6.07) is 4.68. The molecule has 9 heteroatoms. The number of hydrogen-bond acceptors (Lipinski definition) is 6. The minimum absolute atomic E-state index is 0.160. The molecule has 0 aromatic carbocycles. The zero-order chi connectivity index (χ0) is 22.8. The molecule has 4 heterocycles. The largest absolute Gasteiger partial charge is 0.496 e. The van der Waals surface area contributed by atoms with Gasteiger partial charge in [-0.2, -0.15) is 5.10 Å². The molecular weight excluding hydrogens is 410 g/mol. The first-order valence-corrected chi connectivity index (χ1v) is 10.7. The lowest BCUT2D eigenvalue weighted by atomic mass is 10.1. The van der Waals surface area contributed by atoms with Crippen molar-refractivity contribution in [1.82, 2.24) is 24.6 Å². The van der Waals surface area contributed by atoms with E-state index in [1.165, 1.54) is 13.2 Å². The summed E-state index contributed by atoms with van der Waals surface area (Å²) < 4.78 is 14.4. The highest BCUT2D eigenvalue weighted by molar-refractivity contribution is 5.98. The number of nitrogens with zero attached hydrogens (tertiary/aromatic N) is 4. The van der Waals surface area contributed by atoms with Gasteiger partial charge in [-0.3, -0.25) is 19.2 Å². The molecule has 32 heavy (non-hydrogen) atoms. The van der Waals surface area contributed by atoms with Gasteiger partial charge in [-0.05, 0) is 26.0 Å². The number of hydrogen-bond donors (Lipinski definition) is 1. The third-order valence-electron chi connectivity index (χ3n) is 6.18. The van der Waals surface area contributed by atoms with Gasteiger partial charge in [0.1, 0.15) is 17.1 Å². The fourth-order valence-electron chi connectivity index (χ4n) is 4.17. The number of rotatable bonds is 6. The van der Waals surface area contributed by atoms with E-state index in [4.69, 9.17) is 9.15 Å². The number of methoxy groups -OCH3 is 1. The molecule has 170 valence electrons. The lowest BCUT2D eigenvalue weighted by molar-refractivity contribution is 0.0930. The first-order valence-electron chi connectivity index (χ1n) is 10.7. The van der Waals surface area contributed by atoms with Gasteiger partial charge < -0.3 is 19.0 Å². The molecule has 1 aliphatic heterocycles. The molecule has 3 aromatic heterocycles. The lowest BCUT2D eigenvalue weighted by Crippen LogP contribution is -2.32. The Labute approximate surface area is 186 Å². The summed E-state index contributed by atoms with van der Waals surface area (Å²) in [4.78, 5) is 28.4. The zero-order valence-corrected chi connectivity index (χ0v) is 18.9. The van der Waals surface area contributed by atoms with Crippen LogP contribution in [0.5, 0.6) is 5.75 Å². The topological polar surface area (TPSA) is 94.5 Å². The smallest absolute Gasteiger partial charge is 0.257 e. The maximum Gasteiger partial charge on any atom is 0.257 e. The minimum Gasteiger partial charge on any atom is -0.496 e. The molecule has 0 radical (unpaired) electrons. The lowest BCUT2D eigenvalue weighted by Gasteiger charge is -2.19. The highest BCUT2D eigenvalue weighted by atomic mass is 16.5. The maximum atomic E-state index is 13.3. The van der Waals surface area contributed by atoms with E-state index < -0.39 is 0 Å². The predicted molar refractivity (Wildman–Crippen MR) is 119 cm³/mol. The second kappa shape index (κ2) is 9.04. The molecule has 4 rings (SSSR count). The normalized spacial score (nSPS) is 15.1. The second-order valence-corrected chi connectivity index (χ2v) is 8.14. The Balaban J connectivity index is 1.61. The molecule has 1 aliphatic rings. The summed E-state index contributed by atoms with van der Waals surface area (Å²) in [6.07, 6.45) is 4.02. The average Bonchev–Trinajstić information content (AvgIpc) is 3.36. The number of ether oxygens (including phenoxy) is 1. The van der Waals surface area contributed by atoms with Crippen LogP contribution in [-0.4, -0.2) is 45.4 Å². The van der Waals surface area contributed by atoms with Crippen LogP contribution >= 0.6 is 0 Å². The van der Waals surface area contributed by atoms with Crippen LogP contribution in [0.25, 0.3) is 0 Å². The summed E-state index contributed by atoms with van der Waals surface area (Å²) in [6.45, 7) is 6.58. The van der Waals surface area contributed by atoms with Gasteiger partial charge in [0.05, 0.1) is 25.6 Å². The fraction of sp³-hybridized carbons (Fsp3) is 0.435. The molecule has 3 aromatic rings. The van der Waals surface area contributed by atoms with Gasteiger partial charge in [0.2, 0.25) is 0 Å². The number of fused-ring (bicyclic) bond motifs is 1. The molecule has 1 amide bonds. The van der Waals surface area contributed by atoms with Crippen molar-refractivity contribution in [3.63, 3.8) is 0 Å². The molecule has 9 nitrogen and oxygen atoms in total. The summed E-state index contributed by atoms with van der Waals surface area (Å²) in [7, 11) is 3.41. The Bertz CT molecular complexity index is 1160. The van der Waals surface area contributed by atoms with Gasteiger partial charge in [0.25, 0.3) is 11.5 Å². The van der Waals surface area contributed by atoms with Crippen LogP contribution in [0.4, 0.5) is 0 Å². The van der Waals surface area contributed by atoms with Crippen LogP contribution < -0.4 is 15.6 Å². The summed E-state index contributed by atoms with van der Waals surface area (Å²) in [5.74, 6) is 0.669. The molecule has 1 N–H and O–H groups in total. The summed E-state index contributed by atoms with van der Waals surface area (Å²) in [5, 5.41) is 7.30. The van der Waals surface area contributed by atoms with Crippen molar-refractivity contribution in [3.05, 3.63) is 69.3 Å². The van der Waals surface area contributed by atoms with E-state index in [0.29, 0.717) is 42.3 Å². The number of furan rings is 1. The van der Waals surface area contributed by atoms with Crippen LogP contribution in [0.3, 0.4) is 0 Å². The highest BCUT2D eigenvalue weighted by Gasteiger charge is 2.26. The Morgan fingerprint density at radius 3 is 2.81 bits per heavy atom. The van der Waals surface area contributed by atoms with Gasteiger partial charge >= 0.3 is 0 Å². The van der Waals surface area contributed by atoms with E-state index in [2.05, 4.69) is 15.3 Å². The van der Waals surface area contributed by atoms with Crippen molar-refractivity contribution in [2.24, 2.45) is 7.05 Å². The second-order valence-electron chi connectivity index (χ2n) is 8.14. The van der Waals surface area contributed by atoms with Crippen molar-refractivity contribution < 1.29 is 13.9 Å². The summed E-state index contributed by atoms with van der Waals surface area (Å²) in [5.41, 5.74) is 3.23. The van der Waals surface area contributed by atoms with Crippen molar-refractivity contribution >= 4 is 5.91 Å². The van der Waals surface area contributed by atoms with E-state index in [1.54, 1.807) is 16.9 Å². The van der Waals surface area contributed by atoms with Gasteiger partial charge in [-0.1, -0.05) is 0 Å². The number of carbonyl (C=O) groups excluding carboxylic acids is 1. The molecule has 0 unspecified atom stereocenters. The monoisotopic (exact) mass is 439 g/mol. The third kappa shape index (κ3) is 4.20. The van der Waals surface area contributed by atoms with Crippen LogP contribution in [0, 0.1) is 6.92 Å². The van der Waals surface area contributed by atoms with Crippen LogP contribution in [0.2, 0.25) is 0 Å². The number of nitrogens with one attached hydrogen (secondary N) is 1. The fourth-order valence-corrected chi connectivity index (χ4v) is 4.17. The first-order chi connectivity index (χ1) is 15.4. The number of amides is 1. The third-order valence-corrected chi connectivity index (χ3v) is 6.18. The molecule has 1 atom stereocenters. The van der Waals surface area contributed by atoms with E-state index in [9.17, 15) is 9.59 Å². The van der Waals surface area contributed by atoms with E-state index in [-0.39, 0.29) is 17.5 Å². The van der Waals surface area contributed by atoms with Crippen molar-refractivity contribution in [1.29, 1.82) is 0 Å². The van der Waals surface area contributed by atoms with E-state index >= 15 is 0 Å². The van der Waals surface area contributed by atoms with Crippen LogP contribution in [0.1, 0.15) is 46.0 Å². The van der Waals surface area contributed by atoms with Crippen molar-refractivity contribution in [3.8, 4) is 5.75 Å². The molecule has 0 bridgehead atoms. The average molecular weight is 440 g/mol. The zero-order valence-electron chi connectivity index (χ0n) is 18.9. The quantitative estimate of drug-likeness (QED) is 0.632. The molecule has 0 saturated carbocycles. The number of pyridine rings is 1.